The van der Waals surface area contributed by atoms with E-state index in [1.54, 1.807) is 54.6 Å². The van der Waals surface area contributed by atoms with Gasteiger partial charge >= 0.3 is 5.97 Å². The van der Waals surface area contributed by atoms with Gasteiger partial charge in [0.25, 0.3) is 0 Å². The molecule has 0 spiro atoms. The molecule has 6 nitrogen and oxygen atoms in total. The third-order valence-corrected chi connectivity index (χ3v) is 4.97. The second kappa shape index (κ2) is 7.28. The van der Waals surface area contributed by atoms with E-state index in [2.05, 4.69) is 4.72 Å². The van der Waals surface area contributed by atoms with Gasteiger partial charge in [0.2, 0.25) is 0 Å². The van der Waals surface area contributed by atoms with E-state index in [4.69, 9.17) is 9.52 Å². The summed E-state index contributed by atoms with van der Waals surface area (Å²) in [5.74, 6) is -0.524. The highest BCUT2D eigenvalue weighted by Gasteiger charge is 2.20. The van der Waals surface area contributed by atoms with Gasteiger partial charge in [0.15, 0.2) is 9.92 Å². The smallest absolute Gasteiger partial charge is 0.335 e. The molecule has 0 saturated carbocycles. The van der Waals surface area contributed by atoms with E-state index >= 15 is 0 Å². The van der Waals surface area contributed by atoms with Gasteiger partial charge in [-0.3, -0.25) is 4.72 Å². The van der Waals surface area contributed by atoms with Crippen LogP contribution in [0.4, 0.5) is 5.69 Å². The third-order valence-electron chi connectivity index (χ3n) is 3.51. The van der Waals surface area contributed by atoms with Crippen molar-refractivity contribution in [2.75, 3.05) is 4.72 Å². The summed E-state index contributed by atoms with van der Waals surface area (Å²) < 4.78 is 29.7. The van der Waals surface area contributed by atoms with Crippen molar-refractivity contribution >= 4 is 21.6 Å². The van der Waals surface area contributed by atoms with E-state index in [0.717, 1.165) is 0 Å². The number of aromatic carboxylic acids is 1. The fraction of sp³-hybridized carbons (Fsp3) is 0. The number of hydrogen-bond donors (Lipinski definition) is 3. The minimum Gasteiger partial charge on any atom is -0.478 e. The molecule has 0 amide bonds. The molecule has 0 saturated heterocycles. The van der Waals surface area contributed by atoms with Crippen molar-refractivity contribution in [3.8, 4) is 11.5 Å². The molecular weight excluding hydrogens is 352 g/mol. The van der Waals surface area contributed by atoms with Crippen molar-refractivity contribution in [3.05, 3.63) is 84.4 Å². The zero-order valence-corrected chi connectivity index (χ0v) is 14.4. The van der Waals surface area contributed by atoms with Crippen LogP contribution < -0.4 is 9.46 Å². The molecule has 0 radical (unpaired) electrons. The fourth-order valence-electron chi connectivity index (χ4n) is 2.29. The van der Waals surface area contributed by atoms with Gasteiger partial charge in [0, 0.05) is 5.69 Å². The zero-order chi connectivity index (χ0) is 18.6. The number of rotatable bonds is 6. The predicted molar refractivity (Wildman–Crippen MR) is 99.1 cm³/mol. The first-order valence-electron chi connectivity index (χ1n) is 7.67. The topological polar surface area (TPSA) is 99.5 Å². The van der Waals surface area contributed by atoms with Crippen LogP contribution in [0.5, 0.6) is 11.5 Å². The number of carboxylic acid groups (broad SMARTS) is 1. The number of ether oxygens (including phenoxy) is 1. The molecular formula is C19H16N2O4S. The van der Waals surface area contributed by atoms with Gasteiger partial charge in [-0.15, -0.1) is 0 Å². The Kier molecular flexibility index (Phi) is 4.90. The van der Waals surface area contributed by atoms with Crippen molar-refractivity contribution in [1.29, 1.82) is 4.78 Å². The van der Waals surface area contributed by atoms with Gasteiger partial charge in [-0.25, -0.2) is 13.8 Å². The Hall–Kier alpha value is -3.32. The molecule has 0 aliphatic rings. The molecule has 3 rings (SSSR count). The highest BCUT2D eigenvalue weighted by atomic mass is 32.2. The highest BCUT2D eigenvalue weighted by molar-refractivity contribution is 7.93. The van der Waals surface area contributed by atoms with E-state index in [0.29, 0.717) is 11.4 Å². The molecule has 0 heterocycles. The van der Waals surface area contributed by atoms with E-state index in [-0.39, 0.29) is 16.2 Å². The first-order valence-corrected chi connectivity index (χ1v) is 9.23. The molecule has 132 valence electrons. The van der Waals surface area contributed by atoms with Crippen molar-refractivity contribution in [2.24, 2.45) is 0 Å². The summed E-state index contributed by atoms with van der Waals surface area (Å²) in [5.41, 5.74) is 0.411. The van der Waals surface area contributed by atoms with Gasteiger partial charge in [-0.2, -0.15) is 0 Å². The molecule has 0 aliphatic carbocycles. The molecule has 1 atom stereocenters. The maximum atomic E-state index is 13.0. The fourth-order valence-corrected chi connectivity index (χ4v) is 3.56. The number of anilines is 1. The Labute approximate surface area is 151 Å². The normalized spacial score (nSPS) is 12.8. The van der Waals surface area contributed by atoms with Crippen LogP contribution in [-0.2, 0) is 9.92 Å². The van der Waals surface area contributed by atoms with Crippen LogP contribution in [0.2, 0.25) is 0 Å². The number of benzene rings is 3. The van der Waals surface area contributed by atoms with Gasteiger partial charge in [0.1, 0.15) is 16.4 Å². The summed E-state index contributed by atoms with van der Waals surface area (Å²) in [6, 6.07) is 21.4. The van der Waals surface area contributed by atoms with Crippen LogP contribution in [0.3, 0.4) is 0 Å². The van der Waals surface area contributed by atoms with Crippen LogP contribution in [-0.4, -0.2) is 15.3 Å². The minimum atomic E-state index is -3.56. The standard InChI is InChI=1S/C19H16N2O4S/c20-26(24,21-15-7-3-1-4-8-15)18-13-14(19(22)23)11-12-17(18)25-16-9-5-2-6-10-16/h1-13H,(H,22,23)(H2,20,21,24). The van der Waals surface area contributed by atoms with E-state index in [1.807, 2.05) is 6.07 Å². The third kappa shape index (κ3) is 4.01. The quantitative estimate of drug-likeness (QED) is 0.591. The second-order valence-corrected chi connectivity index (χ2v) is 7.16. The highest BCUT2D eigenvalue weighted by Crippen LogP contribution is 2.31. The van der Waals surface area contributed by atoms with Gasteiger partial charge < -0.3 is 9.84 Å². The van der Waals surface area contributed by atoms with Crippen molar-refractivity contribution < 1.29 is 18.8 Å². The van der Waals surface area contributed by atoms with E-state index in [9.17, 15) is 14.1 Å². The average molecular weight is 368 g/mol. The zero-order valence-electron chi connectivity index (χ0n) is 13.6. The second-order valence-electron chi connectivity index (χ2n) is 5.41. The monoisotopic (exact) mass is 368 g/mol. The lowest BCUT2D eigenvalue weighted by Crippen LogP contribution is -2.13. The number of hydrogen-bond acceptors (Lipinski definition) is 4. The largest absolute Gasteiger partial charge is 0.478 e. The van der Waals surface area contributed by atoms with E-state index in [1.165, 1.54) is 18.2 Å². The summed E-state index contributed by atoms with van der Waals surface area (Å²) in [5, 5.41) is 9.23. The molecule has 1 unspecified atom stereocenters. The van der Waals surface area contributed by atoms with Crippen LogP contribution in [0.15, 0.2) is 83.8 Å². The summed E-state index contributed by atoms with van der Waals surface area (Å²) in [6.07, 6.45) is 0. The molecule has 0 bridgehead atoms. The van der Waals surface area contributed by atoms with Crippen molar-refractivity contribution in [2.45, 2.75) is 4.90 Å². The number of carbonyl (C=O) groups is 1. The predicted octanol–water partition coefficient (Wildman–Crippen LogP) is 4.61. The van der Waals surface area contributed by atoms with Crippen LogP contribution >= 0.6 is 0 Å². The molecule has 0 fully saturated rings. The number of nitrogens with one attached hydrogen (secondary N) is 2. The molecule has 0 aromatic heterocycles. The van der Waals surface area contributed by atoms with E-state index < -0.39 is 15.9 Å². The van der Waals surface area contributed by atoms with Crippen molar-refractivity contribution in [1.82, 2.24) is 0 Å². The van der Waals surface area contributed by atoms with Crippen molar-refractivity contribution in [3.63, 3.8) is 0 Å². The lowest BCUT2D eigenvalue weighted by Gasteiger charge is -2.16. The van der Waals surface area contributed by atoms with Gasteiger partial charge in [-0.1, -0.05) is 36.4 Å². The summed E-state index contributed by atoms with van der Waals surface area (Å²) in [4.78, 5) is 11.3. The molecule has 3 N–H and O–H groups in total. The van der Waals surface area contributed by atoms with Gasteiger partial charge in [0.05, 0.1) is 5.56 Å². The summed E-state index contributed by atoms with van der Waals surface area (Å²) >= 11 is 0. The number of para-hydroxylation sites is 2. The summed E-state index contributed by atoms with van der Waals surface area (Å²) in [6.45, 7) is 0. The molecule has 3 aromatic carbocycles. The Morgan fingerprint density at radius 3 is 2.19 bits per heavy atom. The Bertz CT molecular complexity index is 1020. The Balaban J connectivity index is 2.04. The van der Waals surface area contributed by atoms with Crippen LogP contribution in [0.1, 0.15) is 10.4 Å². The minimum absolute atomic E-state index is 0.0369. The molecule has 3 aromatic rings. The molecule has 0 aliphatic heterocycles. The molecule has 26 heavy (non-hydrogen) atoms. The first-order chi connectivity index (χ1) is 12.5. The maximum Gasteiger partial charge on any atom is 0.335 e. The SMILES string of the molecule is N=S(=O)(Nc1ccccc1)c1cc(C(=O)O)ccc1Oc1ccccc1. The maximum absolute atomic E-state index is 13.0. The number of carboxylic acids is 1. The van der Waals surface area contributed by atoms with Crippen LogP contribution in [0, 0.1) is 4.78 Å². The Morgan fingerprint density at radius 2 is 1.58 bits per heavy atom. The Morgan fingerprint density at radius 1 is 0.962 bits per heavy atom. The summed E-state index contributed by atoms with van der Waals surface area (Å²) in [7, 11) is -3.56. The lowest BCUT2D eigenvalue weighted by molar-refractivity contribution is 0.0696. The average Bonchev–Trinajstić information content (AvgIpc) is 2.63. The van der Waals surface area contributed by atoms with Crippen LogP contribution in [0.25, 0.3) is 0 Å². The lowest BCUT2D eigenvalue weighted by atomic mass is 10.2. The first kappa shape index (κ1) is 17.5. The molecule has 7 heteroatoms. The van der Waals surface area contributed by atoms with Gasteiger partial charge in [-0.05, 0) is 42.5 Å².